The van der Waals surface area contributed by atoms with E-state index in [2.05, 4.69) is 11.1 Å². The first-order valence-corrected chi connectivity index (χ1v) is 6.60. The van der Waals surface area contributed by atoms with Crippen molar-refractivity contribution < 1.29 is 4.39 Å². The second-order valence-corrected chi connectivity index (χ2v) is 5.13. The maximum absolute atomic E-state index is 13.5. The maximum Gasteiger partial charge on any atom is 0.205 e. The Labute approximate surface area is 129 Å². The standard InChI is InChI=1S/C14H7Cl2FN4/c15-9-4-8(5-10(16)12(9)17)21-11-3-1-2-7(6-18)13(11)20-14(21)19/h1-5H,(H2,19,20). The van der Waals surface area contributed by atoms with Crippen LogP contribution in [0.2, 0.25) is 10.0 Å². The highest BCUT2D eigenvalue weighted by atomic mass is 35.5. The first-order valence-electron chi connectivity index (χ1n) is 5.85. The smallest absolute Gasteiger partial charge is 0.205 e. The molecule has 1 heterocycles. The predicted octanol–water partition coefficient (Wildman–Crippen LogP) is 3.93. The summed E-state index contributed by atoms with van der Waals surface area (Å²) in [5.41, 5.74) is 7.87. The number of para-hydroxylation sites is 1. The number of nitrogens with zero attached hydrogens (tertiary/aromatic N) is 3. The Balaban J connectivity index is 2.36. The normalized spacial score (nSPS) is 10.8. The highest BCUT2D eigenvalue weighted by Gasteiger charge is 2.15. The molecule has 0 unspecified atom stereocenters. The monoisotopic (exact) mass is 320 g/mol. The number of halogens is 3. The van der Waals surface area contributed by atoms with Crippen molar-refractivity contribution in [1.29, 1.82) is 5.26 Å². The van der Waals surface area contributed by atoms with Crippen LogP contribution in [0.1, 0.15) is 5.56 Å². The van der Waals surface area contributed by atoms with Crippen molar-refractivity contribution in [3.05, 3.63) is 51.8 Å². The van der Waals surface area contributed by atoms with Crippen LogP contribution in [0.25, 0.3) is 16.7 Å². The fourth-order valence-electron chi connectivity index (χ4n) is 2.15. The third-order valence-corrected chi connectivity index (χ3v) is 3.61. The fourth-order valence-corrected chi connectivity index (χ4v) is 2.63. The zero-order chi connectivity index (χ0) is 15.1. The molecule has 21 heavy (non-hydrogen) atoms. The van der Waals surface area contributed by atoms with Gasteiger partial charge in [-0.2, -0.15) is 5.26 Å². The minimum Gasteiger partial charge on any atom is -0.369 e. The summed E-state index contributed by atoms with van der Waals surface area (Å²) in [4.78, 5) is 4.18. The Morgan fingerprint density at radius 3 is 2.52 bits per heavy atom. The van der Waals surface area contributed by atoms with Crippen LogP contribution in [0.3, 0.4) is 0 Å². The molecule has 7 heteroatoms. The quantitative estimate of drug-likeness (QED) is 0.691. The lowest BCUT2D eigenvalue weighted by atomic mass is 10.2. The summed E-state index contributed by atoms with van der Waals surface area (Å²) in [6.45, 7) is 0. The van der Waals surface area contributed by atoms with Crippen molar-refractivity contribution in [3.8, 4) is 11.8 Å². The number of rotatable bonds is 1. The van der Waals surface area contributed by atoms with Crippen LogP contribution in [0.15, 0.2) is 30.3 Å². The molecule has 2 N–H and O–H groups in total. The summed E-state index contributed by atoms with van der Waals surface area (Å²) in [5.74, 6) is -0.533. The SMILES string of the molecule is N#Cc1cccc2c1nc(N)n2-c1cc(Cl)c(F)c(Cl)c1. The number of nitrogen functional groups attached to an aromatic ring is 1. The number of anilines is 1. The van der Waals surface area contributed by atoms with Gasteiger partial charge < -0.3 is 5.73 Å². The van der Waals surface area contributed by atoms with Gasteiger partial charge in [-0.15, -0.1) is 0 Å². The van der Waals surface area contributed by atoms with Crippen LogP contribution >= 0.6 is 23.2 Å². The van der Waals surface area contributed by atoms with Gasteiger partial charge in [0.1, 0.15) is 11.6 Å². The van der Waals surface area contributed by atoms with Crippen molar-refractivity contribution in [3.63, 3.8) is 0 Å². The van der Waals surface area contributed by atoms with E-state index in [-0.39, 0.29) is 16.0 Å². The van der Waals surface area contributed by atoms with Crippen LogP contribution < -0.4 is 5.73 Å². The van der Waals surface area contributed by atoms with Crippen LogP contribution in [0.5, 0.6) is 0 Å². The number of imidazole rings is 1. The molecule has 104 valence electrons. The number of nitrogens with two attached hydrogens (primary N) is 1. The molecule has 2 aromatic carbocycles. The second kappa shape index (κ2) is 4.92. The molecule has 0 aliphatic heterocycles. The van der Waals surface area contributed by atoms with E-state index in [1.54, 1.807) is 22.8 Å². The van der Waals surface area contributed by atoms with Crippen LogP contribution in [0, 0.1) is 17.1 Å². The van der Waals surface area contributed by atoms with E-state index in [0.717, 1.165) is 0 Å². The largest absolute Gasteiger partial charge is 0.369 e. The molecule has 0 fully saturated rings. The topological polar surface area (TPSA) is 67.6 Å². The lowest BCUT2D eigenvalue weighted by molar-refractivity contribution is 0.628. The van der Waals surface area contributed by atoms with Crippen molar-refractivity contribution >= 4 is 40.2 Å². The van der Waals surface area contributed by atoms with Crippen LogP contribution in [-0.4, -0.2) is 9.55 Å². The minimum atomic E-state index is -0.692. The van der Waals surface area contributed by atoms with Gasteiger partial charge in [0.15, 0.2) is 5.82 Å². The molecule has 0 aliphatic rings. The first-order chi connectivity index (χ1) is 10.0. The molecular formula is C14H7Cl2FN4. The molecule has 0 spiro atoms. The van der Waals surface area contributed by atoms with Gasteiger partial charge in [-0.25, -0.2) is 9.37 Å². The van der Waals surface area contributed by atoms with E-state index >= 15 is 0 Å². The maximum atomic E-state index is 13.5. The van der Waals surface area contributed by atoms with Crippen LogP contribution in [-0.2, 0) is 0 Å². The molecule has 0 atom stereocenters. The lowest BCUT2D eigenvalue weighted by Gasteiger charge is -2.08. The number of nitriles is 1. The molecule has 0 bridgehead atoms. The zero-order valence-electron chi connectivity index (χ0n) is 10.4. The van der Waals surface area contributed by atoms with Gasteiger partial charge in [-0.05, 0) is 24.3 Å². The van der Waals surface area contributed by atoms with Gasteiger partial charge in [0.05, 0.1) is 26.8 Å². The van der Waals surface area contributed by atoms with Gasteiger partial charge in [0.2, 0.25) is 5.95 Å². The van der Waals surface area contributed by atoms with Gasteiger partial charge in [0, 0.05) is 0 Å². The molecule has 4 nitrogen and oxygen atoms in total. The summed E-state index contributed by atoms with van der Waals surface area (Å²) >= 11 is 11.6. The van der Waals surface area contributed by atoms with Gasteiger partial charge >= 0.3 is 0 Å². The average Bonchev–Trinajstić information content (AvgIpc) is 2.80. The molecule has 3 rings (SSSR count). The molecule has 0 amide bonds. The molecule has 0 saturated carbocycles. The molecule has 0 saturated heterocycles. The van der Waals surface area contributed by atoms with E-state index in [0.29, 0.717) is 22.3 Å². The number of benzene rings is 2. The minimum absolute atomic E-state index is 0.116. The van der Waals surface area contributed by atoms with E-state index in [1.807, 2.05) is 0 Å². The number of fused-ring (bicyclic) bond motifs is 1. The van der Waals surface area contributed by atoms with Crippen molar-refractivity contribution in [1.82, 2.24) is 9.55 Å². The van der Waals surface area contributed by atoms with E-state index in [1.165, 1.54) is 12.1 Å². The predicted molar refractivity (Wildman–Crippen MR) is 80.2 cm³/mol. The van der Waals surface area contributed by atoms with Crippen molar-refractivity contribution in [2.24, 2.45) is 0 Å². The first kappa shape index (κ1) is 13.7. The molecule has 0 aliphatic carbocycles. The number of aromatic nitrogens is 2. The Bertz CT molecular complexity index is 888. The third kappa shape index (κ3) is 2.09. The summed E-state index contributed by atoms with van der Waals surface area (Å²) < 4.78 is 15.1. The van der Waals surface area contributed by atoms with E-state index in [9.17, 15) is 4.39 Å². The lowest BCUT2D eigenvalue weighted by Crippen LogP contribution is -2.01. The van der Waals surface area contributed by atoms with E-state index < -0.39 is 5.82 Å². The summed E-state index contributed by atoms with van der Waals surface area (Å²) in [7, 11) is 0. The van der Waals surface area contributed by atoms with Crippen molar-refractivity contribution in [2.75, 3.05) is 5.73 Å². The Hall–Kier alpha value is -2.29. The fraction of sp³-hybridized carbons (Fsp3) is 0. The summed E-state index contributed by atoms with van der Waals surface area (Å²) in [5, 5.41) is 8.87. The summed E-state index contributed by atoms with van der Waals surface area (Å²) in [6, 6.07) is 9.97. The van der Waals surface area contributed by atoms with Crippen LogP contribution in [0.4, 0.5) is 10.3 Å². The molecular weight excluding hydrogens is 314 g/mol. The number of hydrogen-bond donors (Lipinski definition) is 1. The highest BCUT2D eigenvalue weighted by molar-refractivity contribution is 6.35. The van der Waals surface area contributed by atoms with Gasteiger partial charge in [0.25, 0.3) is 0 Å². The molecule has 3 aromatic rings. The Morgan fingerprint density at radius 2 is 1.90 bits per heavy atom. The molecule has 1 aromatic heterocycles. The number of hydrogen-bond acceptors (Lipinski definition) is 3. The molecule has 0 radical (unpaired) electrons. The summed E-state index contributed by atoms with van der Waals surface area (Å²) in [6.07, 6.45) is 0. The van der Waals surface area contributed by atoms with Gasteiger partial charge in [-0.3, -0.25) is 4.57 Å². The second-order valence-electron chi connectivity index (χ2n) is 4.31. The Morgan fingerprint density at radius 1 is 1.24 bits per heavy atom. The zero-order valence-corrected chi connectivity index (χ0v) is 12.0. The Kier molecular flexibility index (Phi) is 3.20. The van der Waals surface area contributed by atoms with E-state index in [4.69, 9.17) is 34.2 Å². The third-order valence-electron chi connectivity index (χ3n) is 3.06. The van der Waals surface area contributed by atoms with Crippen molar-refractivity contribution in [2.45, 2.75) is 0 Å². The van der Waals surface area contributed by atoms with Gasteiger partial charge in [-0.1, -0.05) is 29.3 Å². The highest BCUT2D eigenvalue weighted by Crippen LogP contribution is 2.31. The average molecular weight is 321 g/mol.